The van der Waals surface area contributed by atoms with Gasteiger partial charge in [0.15, 0.2) is 5.82 Å². The standard InChI is InChI=1S/C16H18N4O/c1-10(2)13-9-15(19-18-13)17-16(21)12-5-4-6-14-11(12)7-8-20(14)3/h4-10H,1-3H3,(H2,17,18,19,21). The lowest BCUT2D eigenvalue weighted by molar-refractivity contribution is 0.102. The Hall–Kier alpha value is -2.56. The molecule has 0 atom stereocenters. The molecule has 0 aliphatic rings. The molecule has 5 heteroatoms. The van der Waals surface area contributed by atoms with Gasteiger partial charge >= 0.3 is 0 Å². The number of fused-ring (bicyclic) bond motifs is 1. The number of nitrogens with zero attached hydrogens (tertiary/aromatic N) is 2. The SMILES string of the molecule is CC(C)c1cc(NC(=O)c2cccc3c2ccn3C)n[nH]1. The summed E-state index contributed by atoms with van der Waals surface area (Å²) in [6, 6.07) is 9.54. The zero-order valence-electron chi connectivity index (χ0n) is 12.3. The van der Waals surface area contributed by atoms with Crippen LogP contribution in [0.25, 0.3) is 10.9 Å². The van der Waals surface area contributed by atoms with Crippen LogP contribution in [0, 0.1) is 0 Å². The summed E-state index contributed by atoms with van der Waals surface area (Å²) in [5.41, 5.74) is 2.69. The van der Waals surface area contributed by atoms with Crippen LogP contribution in [-0.4, -0.2) is 20.7 Å². The Bertz CT molecular complexity index is 798. The molecule has 0 saturated carbocycles. The van der Waals surface area contributed by atoms with Crippen LogP contribution in [0.15, 0.2) is 36.5 Å². The number of anilines is 1. The third kappa shape index (κ3) is 2.42. The van der Waals surface area contributed by atoms with E-state index in [-0.39, 0.29) is 5.91 Å². The second kappa shape index (κ2) is 5.09. The summed E-state index contributed by atoms with van der Waals surface area (Å²) in [5.74, 6) is 0.756. The first-order valence-electron chi connectivity index (χ1n) is 6.97. The molecule has 3 aromatic rings. The van der Waals surface area contributed by atoms with E-state index in [0.717, 1.165) is 16.6 Å². The van der Waals surface area contributed by atoms with Crippen molar-refractivity contribution in [3.05, 3.63) is 47.8 Å². The monoisotopic (exact) mass is 282 g/mol. The Morgan fingerprint density at radius 3 is 2.86 bits per heavy atom. The summed E-state index contributed by atoms with van der Waals surface area (Å²) in [5, 5.41) is 10.8. The quantitative estimate of drug-likeness (QED) is 0.774. The van der Waals surface area contributed by atoms with Gasteiger partial charge in [0.05, 0.1) is 0 Å². The third-order valence-electron chi connectivity index (χ3n) is 3.63. The highest BCUT2D eigenvalue weighted by Crippen LogP contribution is 2.21. The molecule has 0 saturated heterocycles. The maximum atomic E-state index is 12.4. The number of hydrogen-bond acceptors (Lipinski definition) is 2. The van der Waals surface area contributed by atoms with Gasteiger partial charge in [0.1, 0.15) is 0 Å². The topological polar surface area (TPSA) is 62.7 Å². The van der Waals surface area contributed by atoms with Crippen LogP contribution in [0.5, 0.6) is 0 Å². The van der Waals surface area contributed by atoms with Crippen LogP contribution < -0.4 is 5.32 Å². The van der Waals surface area contributed by atoms with Gasteiger partial charge in [0, 0.05) is 41.5 Å². The Labute approximate surface area is 123 Å². The van der Waals surface area contributed by atoms with Gasteiger partial charge in [-0.05, 0) is 24.1 Å². The molecule has 108 valence electrons. The van der Waals surface area contributed by atoms with Crippen LogP contribution in [0.1, 0.15) is 35.8 Å². The molecule has 0 fully saturated rings. The van der Waals surface area contributed by atoms with Crippen molar-refractivity contribution in [1.82, 2.24) is 14.8 Å². The molecule has 2 aromatic heterocycles. The largest absolute Gasteiger partial charge is 0.351 e. The lowest BCUT2D eigenvalue weighted by Gasteiger charge is -2.04. The van der Waals surface area contributed by atoms with E-state index in [0.29, 0.717) is 17.3 Å². The fourth-order valence-corrected chi connectivity index (χ4v) is 2.38. The van der Waals surface area contributed by atoms with E-state index in [4.69, 9.17) is 0 Å². The van der Waals surface area contributed by atoms with Gasteiger partial charge in [-0.15, -0.1) is 0 Å². The number of benzene rings is 1. The number of rotatable bonds is 3. The number of carbonyl (C=O) groups is 1. The van der Waals surface area contributed by atoms with E-state index in [1.54, 1.807) is 0 Å². The molecule has 0 aliphatic carbocycles. The number of H-pyrrole nitrogens is 1. The number of aromatic nitrogens is 3. The molecule has 3 rings (SSSR count). The third-order valence-corrected chi connectivity index (χ3v) is 3.63. The minimum Gasteiger partial charge on any atom is -0.351 e. The lowest BCUT2D eigenvalue weighted by atomic mass is 10.1. The summed E-state index contributed by atoms with van der Waals surface area (Å²) < 4.78 is 2.00. The molecular formula is C16H18N4O. The number of carbonyl (C=O) groups excluding carboxylic acids is 1. The van der Waals surface area contributed by atoms with Gasteiger partial charge in [0.25, 0.3) is 5.91 Å². The highest BCUT2D eigenvalue weighted by Gasteiger charge is 2.13. The maximum Gasteiger partial charge on any atom is 0.257 e. The minimum absolute atomic E-state index is 0.145. The minimum atomic E-state index is -0.145. The van der Waals surface area contributed by atoms with Crippen molar-refractivity contribution in [1.29, 1.82) is 0 Å². The summed E-state index contributed by atoms with van der Waals surface area (Å²) in [7, 11) is 1.96. The second-order valence-corrected chi connectivity index (χ2v) is 5.48. The van der Waals surface area contributed by atoms with Gasteiger partial charge in [-0.25, -0.2) is 0 Å². The van der Waals surface area contributed by atoms with Crippen LogP contribution >= 0.6 is 0 Å². The predicted molar refractivity (Wildman–Crippen MR) is 83.5 cm³/mol. The van der Waals surface area contributed by atoms with Crippen LogP contribution in [-0.2, 0) is 7.05 Å². The normalized spacial score (nSPS) is 11.2. The lowest BCUT2D eigenvalue weighted by Crippen LogP contribution is -2.12. The van der Waals surface area contributed by atoms with Crippen LogP contribution in [0.4, 0.5) is 5.82 Å². The van der Waals surface area contributed by atoms with E-state index in [9.17, 15) is 4.79 Å². The summed E-state index contributed by atoms with van der Waals surface area (Å²) in [6.45, 7) is 4.15. The van der Waals surface area contributed by atoms with Crippen molar-refractivity contribution >= 4 is 22.6 Å². The molecule has 2 heterocycles. The predicted octanol–water partition coefficient (Wildman–Crippen LogP) is 3.28. The van der Waals surface area contributed by atoms with E-state index in [2.05, 4.69) is 29.4 Å². The molecule has 21 heavy (non-hydrogen) atoms. The van der Waals surface area contributed by atoms with E-state index in [1.807, 2.05) is 48.1 Å². The average molecular weight is 282 g/mol. The number of nitrogens with one attached hydrogen (secondary N) is 2. The molecule has 0 unspecified atom stereocenters. The highest BCUT2D eigenvalue weighted by molar-refractivity contribution is 6.12. The molecular weight excluding hydrogens is 264 g/mol. The first-order valence-corrected chi connectivity index (χ1v) is 6.97. The maximum absolute atomic E-state index is 12.4. The second-order valence-electron chi connectivity index (χ2n) is 5.48. The van der Waals surface area contributed by atoms with Crippen molar-refractivity contribution < 1.29 is 4.79 Å². The highest BCUT2D eigenvalue weighted by atomic mass is 16.1. The summed E-state index contributed by atoms with van der Waals surface area (Å²) in [6.07, 6.45) is 1.95. The molecule has 2 N–H and O–H groups in total. The van der Waals surface area contributed by atoms with Crippen molar-refractivity contribution in [2.24, 2.45) is 7.05 Å². The van der Waals surface area contributed by atoms with E-state index >= 15 is 0 Å². The number of aromatic amines is 1. The molecule has 5 nitrogen and oxygen atoms in total. The van der Waals surface area contributed by atoms with Crippen molar-refractivity contribution in [3.63, 3.8) is 0 Å². The van der Waals surface area contributed by atoms with Crippen LogP contribution in [0.2, 0.25) is 0 Å². The molecule has 1 aromatic carbocycles. The van der Waals surface area contributed by atoms with Gasteiger partial charge in [0.2, 0.25) is 0 Å². The zero-order valence-corrected chi connectivity index (χ0v) is 12.3. The Morgan fingerprint density at radius 1 is 1.33 bits per heavy atom. The fourth-order valence-electron chi connectivity index (χ4n) is 2.38. The van der Waals surface area contributed by atoms with Gasteiger partial charge in [-0.2, -0.15) is 5.10 Å². The Morgan fingerprint density at radius 2 is 2.14 bits per heavy atom. The average Bonchev–Trinajstić information content (AvgIpc) is 3.06. The molecule has 1 amide bonds. The van der Waals surface area contributed by atoms with Gasteiger partial charge in [-0.1, -0.05) is 19.9 Å². The Balaban J connectivity index is 1.90. The van der Waals surface area contributed by atoms with E-state index in [1.165, 1.54) is 0 Å². The molecule has 0 spiro atoms. The summed E-state index contributed by atoms with van der Waals surface area (Å²) in [4.78, 5) is 12.4. The number of aryl methyl sites for hydroxylation is 1. The van der Waals surface area contributed by atoms with Crippen molar-refractivity contribution in [3.8, 4) is 0 Å². The summed E-state index contributed by atoms with van der Waals surface area (Å²) >= 11 is 0. The first-order chi connectivity index (χ1) is 10.1. The molecule has 0 bridgehead atoms. The van der Waals surface area contributed by atoms with Gasteiger partial charge in [-0.3, -0.25) is 9.89 Å². The van der Waals surface area contributed by atoms with E-state index < -0.39 is 0 Å². The number of amides is 1. The Kier molecular flexibility index (Phi) is 3.25. The smallest absolute Gasteiger partial charge is 0.257 e. The number of hydrogen-bond donors (Lipinski definition) is 2. The van der Waals surface area contributed by atoms with Gasteiger partial charge < -0.3 is 9.88 Å². The van der Waals surface area contributed by atoms with Crippen molar-refractivity contribution in [2.75, 3.05) is 5.32 Å². The molecule has 0 radical (unpaired) electrons. The van der Waals surface area contributed by atoms with Crippen molar-refractivity contribution in [2.45, 2.75) is 19.8 Å². The first kappa shape index (κ1) is 13.4. The van der Waals surface area contributed by atoms with Crippen LogP contribution in [0.3, 0.4) is 0 Å². The molecule has 0 aliphatic heterocycles. The zero-order chi connectivity index (χ0) is 15.0. The fraction of sp³-hybridized carbons (Fsp3) is 0.250.